The van der Waals surface area contributed by atoms with Gasteiger partial charge in [0.2, 0.25) is 5.91 Å². The fourth-order valence-corrected chi connectivity index (χ4v) is 7.28. The van der Waals surface area contributed by atoms with Crippen LogP contribution >= 0.6 is 11.3 Å². The average molecular weight is 555 g/mol. The lowest BCUT2D eigenvalue weighted by molar-refractivity contribution is -0.127. The normalized spacial score (nSPS) is 16.7. The number of amides is 2. The second-order valence-corrected chi connectivity index (χ2v) is 11.9. The van der Waals surface area contributed by atoms with E-state index in [4.69, 9.17) is 0 Å². The summed E-state index contributed by atoms with van der Waals surface area (Å²) in [6.45, 7) is 6.05. The largest absolute Gasteiger partial charge is 0.351 e. The average Bonchev–Trinajstić information content (AvgIpc) is 3.80. The van der Waals surface area contributed by atoms with Gasteiger partial charge in [-0.1, -0.05) is 54.6 Å². The van der Waals surface area contributed by atoms with Gasteiger partial charge in [0.25, 0.3) is 5.91 Å². The van der Waals surface area contributed by atoms with Gasteiger partial charge >= 0.3 is 0 Å². The Morgan fingerprint density at radius 1 is 0.875 bits per heavy atom. The van der Waals surface area contributed by atoms with Crippen LogP contribution in [0.2, 0.25) is 0 Å². The lowest BCUT2D eigenvalue weighted by Gasteiger charge is -2.21. The van der Waals surface area contributed by atoms with Crippen molar-refractivity contribution < 1.29 is 9.59 Å². The van der Waals surface area contributed by atoms with Crippen LogP contribution in [0.15, 0.2) is 72.1 Å². The number of fused-ring (bicyclic) bond motifs is 1. The van der Waals surface area contributed by atoms with Gasteiger partial charge < -0.3 is 19.7 Å². The lowest BCUT2D eigenvalue weighted by Crippen LogP contribution is -2.33. The molecule has 2 aromatic carbocycles. The molecular formula is C33H38N4O2S. The minimum atomic E-state index is -0.0397. The van der Waals surface area contributed by atoms with Crippen molar-refractivity contribution in [2.75, 3.05) is 39.3 Å². The van der Waals surface area contributed by atoms with Gasteiger partial charge in [-0.3, -0.25) is 9.59 Å². The number of nitrogens with zero attached hydrogens (tertiary/aromatic N) is 3. The summed E-state index contributed by atoms with van der Waals surface area (Å²) < 4.78 is 2.27. The molecule has 0 bridgehead atoms. The van der Waals surface area contributed by atoms with Gasteiger partial charge in [-0.05, 0) is 61.8 Å². The first-order valence-corrected chi connectivity index (χ1v) is 15.6. The van der Waals surface area contributed by atoms with Crippen LogP contribution in [0.4, 0.5) is 0 Å². The molecule has 0 radical (unpaired) electrons. The third-order valence-corrected chi connectivity index (χ3v) is 9.31. The highest BCUT2D eigenvalue weighted by atomic mass is 32.1. The van der Waals surface area contributed by atoms with Crippen molar-refractivity contribution in [3.63, 3.8) is 0 Å². The molecule has 2 aromatic heterocycles. The van der Waals surface area contributed by atoms with Gasteiger partial charge in [-0.25, -0.2) is 0 Å². The molecule has 0 spiro atoms. The number of carbonyl (C=O) groups is 2. The molecule has 1 N–H and O–H groups in total. The smallest absolute Gasteiger partial charge is 0.268 e. The second kappa shape index (κ2) is 12.4. The highest BCUT2D eigenvalue weighted by molar-refractivity contribution is 7.10. The van der Waals surface area contributed by atoms with Crippen LogP contribution < -0.4 is 5.32 Å². The van der Waals surface area contributed by atoms with E-state index in [-0.39, 0.29) is 17.7 Å². The molecule has 4 heterocycles. The van der Waals surface area contributed by atoms with Crippen LogP contribution in [0.5, 0.6) is 0 Å². The van der Waals surface area contributed by atoms with Crippen molar-refractivity contribution in [2.24, 2.45) is 0 Å². The van der Waals surface area contributed by atoms with Crippen LogP contribution in [0.25, 0.3) is 10.9 Å². The number of rotatable bonds is 11. The topological polar surface area (TPSA) is 57.6 Å². The first-order chi connectivity index (χ1) is 19.7. The lowest BCUT2D eigenvalue weighted by atomic mass is 9.87. The molecule has 2 amide bonds. The fourth-order valence-electron chi connectivity index (χ4n) is 6.42. The predicted molar refractivity (Wildman–Crippen MR) is 162 cm³/mol. The summed E-state index contributed by atoms with van der Waals surface area (Å²) in [4.78, 5) is 31.9. The molecule has 2 fully saturated rings. The molecule has 1 atom stereocenters. The van der Waals surface area contributed by atoms with E-state index in [1.54, 1.807) is 11.3 Å². The minimum absolute atomic E-state index is 0.0298. The predicted octanol–water partition coefficient (Wildman–Crippen LogP) is 5.72. The van der Waals surface area contributed by atoms with E-state index in [0.717, 1.165) is 67.7 Å². The number of carbonyl (C=O) groups excluding carboxylic acids is 2. The third kappa shape index (κ3) is 5.58. The van der Waals surface area contributed by atoms with Crippen LogP contribution in [0.3, 0.4) is 0 Å². The summed E-state index contributed by atoms with van der Waals surface area (Å²) in [5.41, 5.74) is 4.15. The van der Waals surface area contributed by atoms with Crippen molar-refractivity contribution in [2.45, 2.75) is 44.6 Å². The molecule has 0 saturated carbocycles. The maximum Gasteiger partial charge on any atom is 0.268 e. The molecule has 2 saturated heterocycles. The number of hydrogen-bond acceptors (Lipinski definition) is 4. The van der Waals surface area contributed by atoms with Crippen LogP contribution in [0, 0.1) is 0 Å². The van der Waals surface area contributed by atoms with Crippen molar-refractivity contribution in [3.8, 4) is 0 Å². The van der Waals surface area contributed by atoms with E-state index in [1.807, 2.05) is 11.0 Å². The summed E-state index contributed by atoms with van der Waals surface area (Å²) >= 11 is 1.74. The molecule has 7 heteroatoms. The van der Waals surface area contributed by atoms with Gasteiger partial charge in [-0.2, -0.15) is 0 Å². The maximum absolute atomic E-state index is 14.2. The monoisotopic (exact) mass is 554 g/mol. The van der Waals surface area contributed by atoms with Crippen molar-refractivity contribution in [1.82, 2.24) is 19.7 Å². The summed E-state index contributed by atoms with van der Waals surface area (Å²) in [7, 11) is 0. The van der Waals surface area contributed by atoms with Crippen molar-refractivity contribution in [1.29, 1.82) is 0 Å². The van der Waals surface area contributed by atoms with E-state index in [1.165, 1.54) is 23.3 Å². The third-order valence-electron chi connectivity index (χ3n) is 8.37. The molecule has 1 unspecified atom stereocenters. The molecule has 0 aliphatic carbocycles. The van der Waals surface area contributed by atoms with Crippen LogP contribution in [-0.4, -0.2) is 65.4 Å². The highest BCUT2D eigenvalue weighted by Crippen LogP contribution is 2.41. The minimum Gasteiger partial charge on any atom is -0.351 e. The number of benzene rings is 2. The van der Waals surface area contributed by atoms with Gasteiger partial charge in [0, 0.05) is 66.4 Å². The Labute approximate surface area is 240 Å². The Morgan fingerprint density at radius 3 is 2.42 bits per heavy atom. The summed E-state index contributed by atoms with van der Waals surface area (Å²) in [6.07, 6.45) is 4.84. The van der Waals surface area contributed by atoms with E-state index in [2.05, 4.69) is 80.8 Å². The van der Waals surface area contributed by atoms with Crippen LogP contribution in [-0.2, 0) is 11.3 Å². The maximum atomic E-state index is 14.2. The van der Waals surface area contributed by atoms with Gasteiger partial charge in [0.1, 0.15) is 5.69 Å². The zero-order valence-electron chi connectivity index (χ0n) is 23.1. The van der Waals surface area contributed by atoms with E-state index in [0.29, 0.717) is 19.5 Å². The number of thiophene rings is 1. The Bertz CT molecular complexity index is 1440. The van der Waals surface area contributed by atoms with Gasteiger partial charge in [0.05, 0.1) is 0 Å². The molecule has 208 valence electrons. The number of hydrogen-bond donors (Lipinski definition) is 1. The molecule has 2 aliphatic heterocycles. The summed E-state index contributed by atoms with van der Waals surface area (Å²) in [5, 5.41) is 6.51. The second-order valence-electron chi connectivity index (χ2n) is 10.9. The Kier molecular flexibility index (Phi) is 8.30. The summed E-state index contributed by atoms with van der Waals surface area (Å²) in [6, 6.07) is 23.4. The number of likely N-dealkylation sites (tertiary alicyclic amines) is 2. The highest BCUT2D eigenvalue weighted by Gasteiger charge is 2.31. The molecule has 2 aliphatic rings. The van der Waals surface area contributed by atoms with E-state index in [9.17, 15) is 9.59 Å². The molecule has 40 heavy (non-hydrogen) atoms. The summed E-state index contributed by atoms with van der Waals surface area (Å²) in [5.74, 6) is 0.164. The molecular weight excluding hydrogens is 516 g/mol. The molecule has 6 rings (SSSR count). The van der Waals surface area contributed by atoms with Gasteiger partial charge in [-0.15, -0.1) is 11.3 Å². The Balaban J connectivity index is 1.39. The number of aromatic nitrogens is 1. The first kappa shape index (κ1) is 26.8. The fraction of sp³-hybridized carbons (Fsp3) is 0.394. The van der Waals surface area contributed by atoms with Crippen LogP contribution in [0.1, 0.15) is 64.5 Å². The number of para-hydroxylation sites is 1. The molecule has 4 aromatic rings. The van der Waals surface area contributed by atoms with Gasteiger partial charge in [0.15, 0.2) is 0 Å². The van der Waals surface area contributed by atoms with Crippen molar-refractivity contribution in [3.05, 3.63) is 93.8 Å². The quantitative estimate of drug-likeness (QED) is 0.241. The molecule has 6 nitrogen and oxygen atoms in total. The standard InChI is InChI=1S/C33H38N4O2S/c38-29-16-8-20-36(29)21-10-17-34-33(39)32-31(30(28-15-9-24-40-28)25-11-2-1-3-12-25)26-13-4-5-14-27(26)37(32)23-22-35-18-6-7-19-35/h1-5,9,11-15,24,30H,6-8,10,16-23H2,(H,34,39). The zero-order chi connectivity index (χ0) is 27.3. The SMILES string of the molecule is O=C(NCCCN1CCCC1=O)c1c(C(c2ccccc2)c2cccs2)c2ccccc2n1CCN1CCCC1. The zero-order valence-corrected chi connectivity index (χ0v) is 23.9. The first-order valence-electron chi connectivity index (χ1n) is 14.7. The van der Waals surface area contributed by atoms with E-state index < -0.39 is 0 Å². The van der Waals surface area contributed by atoms with Crippen molar-refractivity contribution >= 4 is 34.1 Å². The Morgan fingerprint density at radius 2 is 1.68 bits per heavy atom. The Hall–Kier alpha value is -3.42. The number of nitrogens with one attached hydrogen (secondary N) is 1. The van der Waals surface area contributed by atoms with E-state index >= 15 is 0 Å².